The smallest absolute Gasteiger partial charge is 0.426 e. The van der Waals surface area contributed by atoms with Crippen LogP contribution in [0.3, 0.4) is 0 Å². The van der Waals surface area contributed by atoms with Gasteiger partial charge in [-0.25, -0.2) is 17.5 Å². The van der Waals surface area contributed by atoms with Crippen LogP contribution in [0, 0.1) is 0 Å². The molecule has 3 rings (SSSR count). The highest BCUT2D eigenvalue weighted by Crippen LogP contribution is 2.19. The van der Waals surface area contributed by atoms with Crippen molar-refractivity contribution in [3.63, 3.8) is 0 Å². The Hall–Kier alpha value is -4.18. The van der Waals surface area contributed by atoms with Gasteiger partial charge in [-0.3, -0.25) is 49.4 Å². The fourth-order valence-electron chi connectivity index (χ4n) is 5.01. The Labute approximate surface area is 319 Å². The summed E-state index contributed by atoms with van der Waals surface area (Å²) in [5.74, 6) is -5.36. The zero-order chi connectivity index (χ0) is 38.9. The number of hydrazine groups is 1. The highest BCUT2D eigenvalue weighted by atomic mass is 127. The standard InChI is InChI=1S/C29H44BIN10O12/c1-19(29(48)40-10-3-4-22(40)30(49)50)35-28(47)20-5-7-21(8-6-20)36-37-23(42)14-34-24(43)17-38-11-9-33-16-26(45)52-41(51-25(44)15-32-2)53-27(46)18-39(31)13-12-38/h5-8,19,22,32-33,36,49-50H,3-4,9-18H2,1-2H3,(H,34,43)(H,35,47)(H,37,42)/t19-,22+/m1/s1. The third-order valence-electron chi connectivity index (χ3n) is 7.64. The van der Waals surface area contributed by atoms with E-state index in [1.165, 1.54) is 43.1 Å². The fourth-order valence-corrected chi connectivity index (χ4v) is 5.50. The summed E-state index contributed by atoms with van der Waals surface area (Å²) in [5.41, 5.74) is 5.80. The molecule has 1 aromatic carbocycles. The van der Waals surface area contributed by atoms with E-state index in [0.717, 1.165) is 0 Å². The maximum absolute atomic E-state index is 12.8. The summed E-state index contributed by atoms with van der Waals surface area (Å²) in [7, 11) is -0.168. The summed E-state index contributed by atoms with van der Waals surface area (Å²) in [5, 5.41) is 29.6. The zero-order valence-electron chi connectivity index (χ0n) is 29.2. The molecule has 2 saturated heterocycles. The Morgan fingerprint density at radius 3 is 2.43 bits per heavy atom. The number of nitrogens with one attached hydrogen (secondary N) is 6. The van der Waals surface area contributed by atoms with Crippen LogP contribution in [0.1, 0.15) is 30.1 Å². The van der Waals surface area contributed by atoms with Crippen LogP contribution in [-0.2, 0) is 43.3 Å². The van der Waals surface area contributed by atoms with Crippen molar-refractivity contribution in [2.45, 2.75) is 31.7 Å². The maximum Gasteiger partial charge on any atom is 0.475 e. The topological polar surface area (TPSA) is 273 Å². The highest BCUT2D eigenvalue weighted by Gasteiger charge is 2.38. The first-order valence-corrected chi connectivity index (χ1v) is 17.5. The number of rotatable bonds is 13. The first kappa shape index (κ1) is 43.2. The maximum atomic E-state index is 12.8. The van der Waals surface area contributed by atoms with Gasteiger partial charge in [0.05, 0.1) is 37.8 Å². The minimum absolute atomic E-state index is 0.0637. The quantitative estimate of drug-likeness (QED) is 0.0405. The molecule has 4 amide bonds. The molecule has 0 aromatic heterocycles. The van der Waals surface area contributed by atoms with Crippen molar-refractivity contribution in [3.8, 4) is 0 Å². The molecule has 22 nitrogen and oxygen atoms in total. The Balaban J connectivity index is 1.41. The Morgan fingerprint density at radius 2 is 1.74 bits per heavy atom. The number of amides is 4. The lowest BCUT2D eigenvalue weighted by Crippen LogP contribution is -2.52. The summed E-state index contributed by atoms with van der Waals surface area (Å²) < 4.78 is 1.55. The molecule has 0 aliphatic carbocycles. The second kappa shape index (κ2) is 22.1. The van der Waals surface area contributed by atoms with Crippen LogP contribution in [0.25, 0.3) is 0 Å². The van der Waals surface area contributed by atoms with Gasteiger partial charge in [0, 0.05) is 61.2 Å². The molecule has 2 aliphatic rings. The number of benzene rings is 1. The number of anilines is 1. The second-order valence-electron chi connectivity index (χ2n) is 11.8. The normalized spacial score (nSPS) is 18.8. The molecule has 0 bridgehead atoms. The van der Waals surface area contributed by atoms with E-state index in [1.54, 1.807) is 8.01 Å². The van der Waals surface area contributed by atoms with Crippen molar-refractivity contribution < 1.29 is 58.1 Å². The van der Waals surface area contributed by atoms with Gasteiger partial charge in [0.25, 0.3) is 11.8 Å². The van der Waals surface area contributed by atoms with Crippen molar-refractivity contribution >= 4 is 77.2 Å². The Morgan fingerprint density at radius 1 is 1.02 bits per heavy atom. The molecule has 0 spiro atoms. The van der Waals surface area contributed by atoms with Gasteiger partial charge in [-0.2, -0.15) is 0 Å². The minimum Gasteiger partial charge on any atom is -0.426 e. The van der Waals surface area contributed by atoms with Crippen molar-refractivity contribution in [3.05, 3.63) is 29.8 Å². The number of likely N-dealkylation sites (N-methyl/N-ethyl adjacent to an activating group) is 1. The van der Waals surface area contributed by atoms with Gasteiger partial charge in [-0.15, -0.1) is 0 Å². The predicted molar refractivity (Wildman–Crippen MR) is 192 cm³/mol. The number of carbonyl (C=O) groups is 7. The molecule has 292 valence electrons. The molecule has 0 saturated carbocycles. The second-order valence-corrected chi connectivity index (χ2v) is 13.2. The molecular formula is C29H44BIN10O12. The summed E-state index contributed by atoms with van der Waals surface area (Å²) >= 11 is 1.87. The number of carbonyl (C=O) groups excluding carboxylic acids is 7. The first-order chi connectivity index (χ1) is 25.2. The molecular weight excluding hydrogens is 818 g/mol. The lowest BCUT2D eigenvalue weighted by Gasteiger charge is -2.27. The Bertz CT molecular complexity index is 1450. The van der Waals surface area contributed by atoms with Crippen LogP contribution < -0.4 is 32.1 Å². The molecule has 0 unspecified atom stereocenters. The van der Waals surface area contributed by atoms with E-state index in [4.69, 9.17) is 14.5 Å². The van der Waals surface area contributed by atoms with Gasteiger partial charge < -0.3 is 36.2 Å². The largest absolute Gasteiger partial charge is 0.475 e. The lowest BCUT2D eigenvalue weighted by molar-refractivity contribution is -0.463. The van der Waals surface area contributed by atoms with E-state index in [2.05, 4.69) is 32.1 Å². The van der Waals surface area contributed by atoms with E-state index in [-0.39, 0.29) is 50.2 Å². The van der Waals surface area contributed by atoms with Gasteiger partial charge in [0.15, 0.2) is 0 Å². The number of nitrogens with zero attached hydrogens (tertiary/aromatic N) is 4. The average Bonchev–Trinajstić information content (AvgIpc) is 3.60. The molecule has 0 radical (unpaired) electrons. The number of hydrogen-bond donors (Lipinski definition) is 8. The van der Waals surface area contributed by atoms with Gasteiger partial charge >= 0.3 is 25.0 Å². The fraction of sp³-hybridized carbons (Fsp3) is 0.552. The minimum atomic E-state index is -1.66. The van der Waals surface area contributed by atoms with Crippen molar-refractivity contribution in [2.75, 3.05) is 77.9 Å². The summed E-state index contributed by atoms with van der Waals surface area (Å²) in [6.45, 7) is 1.75. The van der Waals surface area contributed by atoms with Crippen LogP contribution in [0.2, 0.25) is 0 Å². The number of halogens is 1. The highest BCUT2D eigenvalue weighted by molar-refractivity contribution is 14.1. The van der Waals surface area contributed by atoms with Crippen LogP contribution in [-0.4, -0.2) is 161 Å². The van der Waals surface area contributed by atoms with E-state index in [1.807, 2.05) is 22.9 Å². The molecule has 2 aliphatic heterocycles. The molecule has 2 atom stereocenters. The molecule has 53 heavy (non-hydrogen) atoms. The van der Waals surface area contributed by atoms with Crippen LogP contribution in [0.5, 0.6) is 0 Å². The van der Waals surface area contributed by atoms with E-state index in [0.29, 0.717) is 44.7 Å². The SMILES string of the molecule is CNCC(=O)ON1OC(=O)CNCCN(CC(=O)NCC(=O)NNc2ccc(C(=O)N[C@H](C)C(=O)N3CCC[C@H]3B(O)O)cc2)CCN(I)CC(=O)O1. The lowest BCUT2D eigenvalue weighted by atomic mass is 9.78. The Kier molecular flexibility index (Phi) is 18.1. The van der Waals surface area contributed by atoms with Gasteiger partial charge in [0.1, 0.15) is 12.6 Å². The molecule has 1 aromatic rings. The van der Waals surface area contributed by atoms with E-state index < -0.39 is 60.6 Å². The van der Waals surface area contributed by atoms with Crippen molar-refractivity contribution in [1.29, 1.82) is 0 Å². The third kappa shape index (κ3) is 15.4. The predicted octanol–water partition coefficient (Wildman–Crippen LogP) is -4.18. The van der Waals surface area contributed by atoms with Gasteiger partial charge in [-0.1, -0.05) is 0 Å². The van der Waals surface area contributed by atoms with Crippen LogP contribution in [0.15, 0.2) is 24.3 Å². The number of likely N-dealkylation sites (tertiary alicyclic amines) is 1. The van der Waals surface area contributed by atoms with Gasteiger partial charge in [-0.05, 0) is 51.1 Å². The van der Waals surface area contributed by atoms with Crippen LogP contribution in [0.4, 0.5) is 5.69 Å². The first-order valence-electron chi connectivity index (χ1n) is 16.6. The van der Waals surface area contributed by atoms with Crippen molar-refractivity contribution in [1.82, 2.24) is 45.0 Å². The summed E-state index contributed by atoms with van der Waals surface area (Å²) in [4.78, 5) is 104. The zero-order valence-corrected chi connectivity index (χ0v) is 31.3. The van der Waals surface area contributed by atoms with Gasteiger partial charge in [0.2, 0.25) is 17.2 Å². The molecule has 8 N–H and O–H groups in total. The number of hydrogen-bond acceptors (Lipinski definition) is 18. The van der Waals surface area contributed by atoms with E-state index in [9.17, 15) is 43.6 Å². The molecule has 2 heterocycles. The molecule has 24 heteroatoms. The van der Waals surface area contributed by atoms with Crippen LogP contribution >= 0.6 is 22.9 Å². The van der Waals surface area contributed by atoms with E-state index >= 15 is 0 Å². The monoisotopic (exact) mass is 862 g/mol. The van der Waals surface area contributed by atoms with Crippen molar-refractivity contribution in [2.24, 2.45) is 0 Å². The third-order valence-corrected chi connectivity index (χ3v) is 8.46. The summed E-state index contributed by atoms with van der Waals surface area (Å²) in [6.07, 6.45) is 1.09. The molecule has 2 fully saturated rings. The summed E-state index contributed by atoms with van der Waals surface area (Å²) in [6, 6.07) is 5.12. The average molecular weight is 862 g/mol.